The molecule has 2 aromatic heterocycles. The third-order valence-electron chi connectivity index (χ3n) is 7.67. The van der Waals surface area contributed by atoms with Crippen LogP contribution in [-0.2, 0) is 0 Å². The molecule has 2 heterocycles. The predicted molar refractivity (Wildman–Crippen MR) is 167 cm³/mol. The topological polar surface area (TPSA) is 18.1 Å². The van der Waals surface area contributed by atoms with E-state index in [0.29, 0.717) is 0 Å². The van der Waals surface area contributed by atoms with Gasteiger partial charge in [-0.3, -0.25) is 0 Å². The largest absolute Gasteiger partial charge is 0.456 e. The fourth-order valence-corrected chi connectivity index (χ4v) is 6.05. The van der Waals surface area contributed by atoms with Gasteiger partial charge in [0.05, 0.1) is 11.0 Å². The normalized spacial score (nSPS) is 11.7. The lowest BCUT2D eigenvalue weighted by Gasteiger charge is -2.08. The van der Waals surface area contributed by atoms with Gasteiger partial charge in [0.1, 0.15) is 11.2 Å². The Balaban J connectivity index is 1.38. The third kappa shape index (κ3) is 3.62. The Morgan fingerprint density at radius 1 is 0.436 bits per heavy atom. The lowest BCUT2D eigenvalue weighted by atomic mass is 9.99. The SMILES string of the molecule is Brc1ccc(-c2ccc3c(c2)c2cc(-c4ccc5oc6ccccc6c5c4)ccc2n3-c2ccccc2)cc1. The van der Waals surface area contributed by atoms with Gasteiger partial charge in [-0.1, -0.05) is 82.7 Å². The first-order chi connectivity index (χ1) is 19.2. The Morgan fingerprint density at radius 3 is 1.69 bits per heavy atom. The van der Waals surface area contributed by atoms with Crippen molar-refractivity contribution in [3.63, 3.8) is 0 Å². The molecule has 8 rings (SSSR count). The number of furan rings is 1. The van der Waals surface area contributed by atoms with Crippen LogP contribution in [0.2, 0.25) is 0 Å². The molecule has 0 N–H and O–H groups in total. The number of hydrogen-bond donors (Lipinski definition) is 0. The Bertz CT molecular complexity index is 2170. The highest BCUT2D eigenvalue weighted by Crippen LogP contribution is 2.38. The number of fused-ring (bicyclic) bond motifs is 6. The van der Waals surface area contributed by atoms with Crippen LogP contribution in [0.25, 0.3) is 71.7 Å². The van der Waals surface area contributed by atoms with E-state index in [-0.39, 0.29) is 0 Å². The van der Waals surface area contributed by atoms with Gasteiger partial charge in [-0.2, -0.15) is 0 Å². The molecule has 39 heavy (non-hydrogen) atoms. The van der Waals surface area contributed by atoms with E-state index >= 15 is 0 Å². The molecular formula is C36H22BrNO. The second kappa shape index (κ2) is 8.72. The summed E-state index contributed by atoms with van der Waals surface area (Å²) in [5, 5.41) is 4.77. The summed E-state index contributed by atoms with van der Waals surface area (Å²) in [5.74, 6) is 0. The molecule has 0 unspecified atom stereocenters. The minimum atomic E-state index is 0.917. The van der Waals surface area contributed by atoms with E-state index in [4.69, 9.17) is 4.42 Å². The summed E-state index contributed by atoms with van der Waals surface area (Å²) >= 11 is 3.57. The van der Waals surface area contributed by atoms with Gasteiger partial charge in [0.25, 0.3) is 0 Å². The van der Waals surface area contributed by atoms with Crippen LogP contribution in [0, 0.1) is 0 Å². The highest BCUT2D eigenvalue weighted by atomic mass is 79.9. The van der Waals surface area contributed by atoms with Crippen molar-refractivity contribution in [3.05, 3.63) is 138 Å². The molecule has 0 fully saturated rings. The molecular weight excluding hydrogens is 542 g/mol. The smallest absolute Gasteiger partial charge is 0.135 e. The average molecular weight is 564 g/mol. The monoisotopic (exact) mass is 563 g/mol. The molecule has 0 amide bonds. The minimum Gasteiger partial charge on any atom is -0.456 e. The lowest BCUT2D eigenvalue weighted by Crippen LogP contribution is -1.93. The second-order valence-corrected chi connectivity index (χ2v) is 10.9. The molecule has 0 aliphatic carbocycles. The van der Waals surface area contributed by atoms with Crippen LogP contribution >= 0.6 is 15.9 Å². The van der Waals surface area contributed by atoms with Crippen molar-refractivity contribution in [3.8, 4) is 27.9 Å². The van der Waals surface area contributed by atoms with E-state index in [0.717, 1.165) is 32.1 Å². The van der Waals surface area contributed by atoms with Gasteiger partial charge in [-0.25, -0.2) is 0 Å². The van der Waals surface area contributed by atoms with E-state index < -0.39 is 0 Å². The summed E-state index contributed by atoms with van der Waals surface area (Å²) in [5.41, 5.74) is 10.2. The molecule has 0 aliphatic rings. The Hall–Kier alpha value is -4.60. The molecule has 3 heteroatoms. The van der Waals surface area contributed by atoms with Crippen LogP contribution in [-0.4, -0.2) is 4.57 Å². The summed E-state index contributed by atoms with van der Waals surface area (Å²) in [6, 6.07) is 47.5. The maximum atomic E-state index is 6.08. The molecule has 0 saturated heterocycles. The Kier molecular flexibility index (Phi) is 5.01. The summed E-state index contributed by atoms with van der Waals surface area (Å²) in [6.07, 6.45) is 0. The number of nitrogens with zero attached hydrogens (tertiary/aromatic N) is 1. The highest BCUT2D eigenvalue weighted by Gasteiger charge is 2.15. The maximum Gasteiger partial charge on any atom is 0.135 e. The van der Waals surface area contributed by atoms with Crippen molar-refractivity contribution in [2.24, 2.45) is 0 Å². The van der Waals surface area contributed by atoms with Crippen LogP contribution in [0.15, 0.2) is 142 Å². The van der Waals surface area contributed by atoms with Crippen LogP contribution in [0.5, 0.6) is 0 Å². The molecule has 2 nitrogen and oxygen atoms in total. The van der Waals surface area contributed by atoms with Crippen molar-refractivity contribution in [2.75, 3.05) is 0 Å². The van der Waals surface area contributed by atoms with Crippen molar-refractivity contribution in [2.45, 2.75) is 0 Å². The molecule has 8 aromatic rings. The second-order valence-electron chi connectivity index (χ2n) is 9.95. The number of benzene rings is 6. The van der Waals surface area contributed by atoms with Gasteiger partial charge in [0.15, 0.2) is 0 Å². The zero-order chi connectivity index (χ0) is 25.9. The summed E-state index contributed by atoms with van der Waals surface area (Å²) in [7, 11) is 0. The number of rotatable bonds is 3. The van der Waals surface area contributed by atoms with Gasteiger partial charge in [-0.15, -0.1) is 0 Å². The molecule has 184 valence electrons. The maximum absolute atomic E-state index is 6.08. The molecule has 0 spiro atoms. The summed E-state index contributed by atoms with van der Waals surface area (Å²) in [4.78, 5) is 0. The van der Waals surface area contributed by atoms with E-state index in [1.807, 2.05) is 12.1 Å². The molecule has 0 atom stereocenters. The average Bonchev–Trinajstić information content (AvgIpc) is 3.52. The van der Waals surface area contributed by atoms with Gasteiger partial charge in [0, 0.05) is 31.7 Å². The van der Waals surface area contributed by atoms with E-state index in [1.54, 1.807) is 0 Å². The third-order valence-corrected chi connectivity index (χ3v) is 8.20. The van der Waals surface area contributed by atoms with Crippen LogP contribution in [0.3, 0.4) is 0 Å². The Morgan fingerprint density at radius 2 is 0.974 bits per heavy atom. The first-order valence-electron chi connectivity index (χ1n) is 13.0. The standard InChI is InChI=1S/C36H22BrNO/c37-27-15-10-23(11-16-27)24-12-17-33-30(20-24)31-21-25(13-18-34(31)38(33)28-6-2-1-3-7-28)26-14-19-36-32(22-26)29-8-4-5-9-35(29)39-36/h1-22H. The Labute approximate surface area is 233 Å². The van der Waals surface area contributed by atoms with Crippen molar-refractivity contribution in [1.29, 1.82) is 0 Å². The van der Waals surface area contributed by atoms with Gasteiger partial charge < -0.3 is 8.98 Å². The van der Waals surface area contributed by atoms with E-state index in [2.05, 4.69) is 142 Å². The van der Waals surface area contributed by atoms with Crippen molar-refractivity contribution in [1.82, 2.24) is 4.57 Å². The quantitative estimate of drug-likeness (QED) is 0.209. The summed E-state index contributed by atoms with van der Waals surface area (Å²) < 4.78 is 9.53. The zero-order valence-electron chi connectivity index (χ0n) is 20.9. The van der Waals surface area contributed by atoms with Crippen molar-refractivity contribution < 1.29 is 4.42 Å². The minimum absolute atomic E-state index is 0.917. The van der Waals surface area contributed by atoms with Crippen molar-refractivity contribution >= 4 is 59.7 Å². The van der Waals surface area contributed by atoms with E-state index in [9.17, 15) is 0 Å². The molecule has 0 aliphatic heterocycles. The van der Waals surface area contributed by atoms with Crippen LogP contribution in [0.4, 0.5) is 0 Å². The fraction of sp³-hybridized carbons (Fsp3) is 0. The van der Waals surface area contributed by atoms with Crippen LogP contribution < -0.4 is 0 Å². The first kappa shape index (κ1) is 22.4. The van der Waals surface area contributed by atoms with Gasteiger partial charge in [0.2, 0.25) is 0 Å². The molecule has 0 radical (unpaired) electrons. The molecule has 0 saturated carbocycles. The highest BCUT2D eigenvalue weighted by molar-refractivity contribution is 9.10. The molecule has 6 aromatic carbocycles. The number of halogens is 1. The number of para-hydroxylation sites is 2. The van der Waals surface area contributed by atoms with Gasteiger partial charge in [-0.05, 0) is 89.0 Å². The zero-order valence-corrected chi connectivity index (χ0v) is 22.5. The predicted octanol–water partition coefficient (Wildman–Crippen LogP) is 10.8. The molecule has 0 bridgehead atoms. The fourth-order valence-electron chi connectivity index (χ4n) is 5.79. The summed E-state index contributed by atoms with van der Waals surface area (Å²) in [6.45, 7) is 0. The van der Waals surface area contributed by atoms with Gasteiger partial charge >= 0.3 is 0 Å². The van der Waals surface area contributed by atoms with Crippen LogP contribution in [0.1, 0.15) is 0 Å². The lowest BCUT2D eigenvalue weighted by molar-refractivity contribution is 0.669. The van der Waals surface area contributed by atoms with E-state index in [1.165, 1.54) is 44.1 Å². The number of hydrogen-bond acceptors (Lipinski definition) is 1. The first-order valence-corrected chi connectivity index (χ1v) is 13.8. The number of aromatic nitrogens is 1.